The third kappa shape index (κ3) is 5.71. The topological polar surface area (TPSA) is 69.0 Å². The SMILES string of the molecule is CC(Oc1ccccc1Cl)c1nnc(SCC(=O)Nc2cccc(F)c2)n1-c1ccccc1. The molecule has 1 unspecified atom stereocenters. The summed E-state index contributed by atoms with van der Waals surface area (Å²) < 4.78 is 21.3. The van der Waals surface area contributed by atoms with Gasteiger partial charge >= 0.3 is 0 Å². The Labute approximate surface area is 199 Å². The Bertz CT molecular complexity index is 1250. The van der Waals surface area contributed by atoms with Gasteiger partial charge in [0.25, 0.3) is 0 Å². The Balaban J connectivity index is 1.55. The molecule has 0 fully saturated rings. The maximum Gasteiger partial charge on any atom is 0.234 e. The predicted octanol–water partition coefficient (Wildman–Crippen LogP) is 5.93. The van der Waals surface area contributed by atoms with Crippen LogP contribution in [0.25, 0.3) is 5.69 Å². The van der Waals surface area contributed by atoms with Gasteiger partial charge in [-0.3, -0.25) is 9.36 Å². The zero-order chi connectivity index (χ0) is 23.2. The fraction of sp³-hybridized carbons (Fsp3) is 0.125. The van der Waals surface area contributed by atoms with Crippen LogP contribution in [0.4, 0.5) is 10.1 Å². The summed E-state index contributed by atoms with van der Waals surface area (Å²) in [6.07, 6.45) is -0.465. The Kier molecular flexibility index (Phi) is 7.26. The lowest BCUT2D eigenvalue weighted by Crippen LogP contribution is -2.15. The van der Waals surface area contributed by atoms with Crippen LogP contribution >= 0.6 is 23.4 Å². The summed E-state index contributed by atoms with van der Waals surface area (Å²) in [5.41, 5.74) is 1.23. The number of rotatable bonds is 8. The van der Waals surface area contributed by atoms with Crippen molar-refractivity contribution in [3.63, 3.8) is 0 Å². The molecule has 0 spiro atoms. The van der Waals surface area contributed by atoms with E-state index in [-0.39, 0.29) is 11.7 Å². The van der Waals surface area contributed by atoms with Crippen LogP contribution in [-0.2, 0) is 4.79 Å². The minimum absolute atomic E-state index is 0.0707. The Morgan fingerprint density at radius 2 is 1.85 bits per heavy atom. The van der Waals surface area contributed by atoms with Crippen molar-refractivity contribution in [3.05, 3.63) is 95.5 Å². The van der Waals surface area contributed by atoms with E-state index in [1.807, 2.05) is 54.0 Å². The number of thioether (sulfide) groups is 1. The summed E-state index contributed by atoms with van der Waals surface area (Å²) in [6.45, 7) is 1.86. The Hall–Kier alpha value is -3.36. The van der Waals surface area contributed by atoms with Crippen LogP contribution in [0.2, 0.25) is 5.02 Å². The van der Waals surface area contributed by atoms with Gasteiger partial charge in [0.2, 0.25) is 5.91 Å². The second-order valence-electron chi connectivity index (χ2n) is 7.05. The standard InChI is InChI=1S/C24H20ClFN4O2S/c1-16(32-21-13-6-5-12-20(21)25)23-28-29-24(30(23)19-10-3-2-4-11-19)33-15-22(31)27-18-9-7-8-17(26)14-18/h2-14,16H,15H2,1H3,(H,27,31). The van der Waals surface area contributed by atoms with Gasteiger partial charge in [-0.05, 0) is 49.4 Å². The Morgan fingerprint density at radius 3 is 2.61 bits per heavy atom. The van der Waals surface area contributed by atoms with Crippen molar-refractivity contribution >= 4 is 35.0 Å². The van der Waals surface area contributed by atoms with Crippen LogP contribution in [0.1, 0.15) is 18.9 Å². The van der Waals surface area contributed by atoms with Gasteiger partial charge in [0.05, 0.1) is 10.8 Å². The second kappa shape index (κ2) is 10.5. The number of para-hydroxylation sites is 2. The van der Waals surface area contributed by atoms with Crippen molar-refractivity contribution in [2.75, 3.05) is 11.1 Å². The quantitative estimate of drug-likeness (QED) is 0.315. The maximum atomic E-state index is 13.4. The van der Waals surface area contributed by atoms with Crippen molar-refractivity contribution in [1.82, 2.24) is 14.8 Å². The van der Waals surface area contributed by atoms with Crippen molar-refractivity contribution in [1.29, 1.82) is 0 Å². The summed E-state index contributed by atoms with van der Waals surface area (Å²) in [5.74, 6) is 0.477. The second-order valence-corrected chi connectivity index (χ2v) is 8.40. The molecule has 1 atom stereocenters. The number of carbonyl (C=O) groups excluding carboxylic acids is 1. The molecule has 0 aliphatic heterocycles. The summed E-state index contributed by atoms with van der Waals surface area (Å²) in [5, 5.41) is 12.3. The number of nitrogens with zero attached hydrogens (tertiary/aromatic N) is 3. The fourth-order valence-electron chi connectivity index (χ4n) is 3.13. The number of halogens is 2. The lowest BCUT2D eigenvalue weighted by molar-refractivity contribution is -0.113. The van der Waals surface area contributed by atoms with Crippen LogP contribution in [0, 0.1) is 5.82 Å². The first-order valence-electron chi connectivity index (χ1n) is 10.1. The van der Waals surface area contributed by atoms with Gasteiger partial charge in [-0.15, -0.1) is 10.2 Å². The summed E-state index contributed by atoms with van der Waals surface area (Å²) in [7, 11) is 0. The average molecular weight is 483 g/mol. The highest BCUT2D eigenvalue weighted by Gasteiger charge is 2.22. The van der Waals surface area contributed by atoms with Gasteiger partial charge in [-0.25, -0.2) is 4.39 Å². The number of ether oxygens (including phenoxy) is 1. The first-order chi connectivity index (χ1) is 16.0. The first kappa shape index (κ1) is 22.8. The number of carbonyl (C=O) groups is 1. The third-order valence-electron chi connectivity index (χ3n) is 4.62. The molecule has 1 N–H and O–H groups in total. The molecule has 1 heterocycles. The van der Waals surface area contributed by atoms with E-state index in [1.54, 1.807) is 18.2 Å². The minimum Gasteiger partial charge on any atom is -0.481 e. The molecule has 33 heavy (non-hydrogen) atoms. The first-order valence-corrected chi connectivity index (χ1v) is 11.5. The molecule has 0 saturated carbocycles. The number of nitrogens with one attached hydrogen (secondary N) is 1. The molecule has 1 aromatic heterocycles. The fourth-order valence-corrected chi connectivity index (χ4v) is 4.07. The molecule has 0 saturated heterocycles. The Morgan fingerprint density at radius 1 is 1.09 bits per heavy atom. The predicted molar refractivity (Wildman–Crippen MR) is 128 cm³/mol. The highest BCUT2D eigenvalue weighted by Crippen LogP contribution is 2.31. The van der Waals surface area contributed by atoms with E-state index in [9.17, 15) is 9.18 Å². The molecular formula is C24H20ClFN4O2S. The molecular weight excluding hydrogens is 463 g/mol. The molecule has 0 bridgehead atoms. The van der Waals surface area contributed by atoms with Crippen LogP contribution in [0.5, 0.6) is 5.75 Å². The molecule has 1 amide bonds. The molecule has 4 aromatic rings. The normalized spacial score (nSPS) is 11.7. The molecule has 9 heteroatoms. The van der Waals surface area contributed by atoms with Crippen molar-refractivity contribution < 1.29 is 13.9 Å². The van der Waals surface area contributed by atoms with Gasteiger partial charge in [0.1, 0.15) is 11.6 Å². The van der Waals surface area contributed by atoms with E-state index in [1.165, 1.54) is 30.0 Å². The summed E-state index contributed by atoms with van der Waals surface area (Å²) in [4.78, 5) is 12.4. The number of aromatic nitrogens is 3. The zero-order valence-corrected chi connectivity index (χ0v) is 19.2. The molecule has 0 aliphatic carbocycles. The van der Waals surface area contributed by atoms with E-state index < -0.39 is 11.9 Å². The zero-order valence-electron chi connectivity index (χ0n) is 17.6. The van der Waals surface area contributed by atoms with Gasteiger partial charge < -0.3 is 10.1 Å². The maximum absolute atomic E-state index is 13.4. The van der Waals surface area contributed by atoms with Crippen molar-refractivity contribution in [2.45, 2.75) is 18.2 Å². The number of amides is 1. The smallest absolute Gasteiger partial charge is 0.234 e. The number of hydrogen-bond donors (Lipinski definition) is 1. The summed E-state index contributed by atoms with van der Waals surface area (Å²) >= 11 is 7.46. The van der Waals surface area contributed by atoms with E-state index >= 15 is 0 Å². The van der Waals surface area contributed by atoms with Crippen molar-refractivity contribution in [2.24, 2.45) is 0 Å². The van der Waals surface area contributed by atoms with Gasteiger partial charge in [-0.2, -0.15) is 0 Å². The van der Waals surface area contributed by atoms with Crippen LogP contribution in [0.15, 0.2) is 84.0 Å². The molecule has 6 nitrogen and oxygen atoms in total. The lowest BCUT2D eigenvalue weighted by Gasteiger charge is -2.17. The number of hydrogen-bond acceptors (Lipinski definition) is 5. The van der Waals surface area contributed by atoms with E-state index in [0.29, 0.717) is 27.4 Å². The highest BCUT2D eigenvalue weighted by molar-refractivity contribution is 7.99. The molecule has 0 aliphatic rings. The van der Waals surface area contributed by atoms with Crippen LogP contribution in [0.3, 0.4) is 0 Å². The van der Waals surface area contributed by atoms with E-state index in [4.69, 9.17) is 16.3 Å². The lowest BCUT2D eigenvalue weighted by atomic mass is 10.3. The third-order valence-corrected chi connectivity index (χ3v) is 5.86. The van der Waals surface area contributed by atoms with Gasteiger partial charge in [-0.1, -0.05) is 59.8 Å². The van der Waals surface area contributed by atoms with E-state index in [0.717, 1.165) is 5.69 Å². The van der Waals surface area contributed by atoms with E-state index in [2.05, 4.69) is 15.5 Å². The monoisotopic (exact) mass is 482 g/mol. The van der Waals surface area contributed by atoms with Crippen LogP contribution < -0.4 is 10.1 Å². The van der Waals surface area contributed by atoms with Gasteiger partial charge in [0, 0.05) is 11.4 Å². The largest absolute Gasteiger partial charge is 0.481 e. The highest BCUT2D eigenvalue weighted by atomic mass is 35.5. The summed E-state index contributed by atoms with van der Waals surface area (Å²) in [6, 6.07) is 22.5. The van der Waals surface area contributed by atoms with Gasteiger partial charge in [0.15, 0.2) is 17.1 Å². The van der Waals surface area contributed by atoms with Crippen molar-refractivity contribution in [3.8, 4) is 11.4 Å². The minimum atomic E-state index is -0.465. The number of benzene rings is 3. The molecule has 4 rings (SSSR count). The number of anilines is 1. The molecule has 0 radical (unpaired) electrons. The molecule has 3 aromatic carbocycles. The average Bonchev–Trinajstić information content (AvgIpc) is 3.24. The van der Waals surface area contributed by atoms with Crippen LogP contribution in [-0.4, -0.2) is 26.4 Å². The molecule has 168 valence electrons.